The van der Waals surface area contributed by atoms with Gasteiger partial charge >= 0.3 is 0 Å². The van der Waals surface area contributed by atoms with Crippen LogP contribution in [0.1, 0.15) is 30.5 Å². The molecule has 4 aromatic carbocycles. The number of methoxy groups -OCH3 is 1. The number of aryl methyl sites for hydroxylation is 1. The number of allylic oxidation sites excluding steroid dienone is 2. The number of ether oxygens (including phenoxy) is 3. The Morgan fingerprint density at radius 2 is 1.10 bits per heavy atom. The average Bonchev–Trinajstić information content (AvgIpc) is 3.46. The Balaban J connectivity index is 1.32. The van der Waals surface area contributed by atoms with Crippen LogP contribution in [0.3, 0.4) is 0 Å². The van der Waals surface area contributed by atoms with Crippen LogP contribution < -0.4 is 14.2 Å². The molecule has 0 fully saturated rings. The molecular formula is C34H30N2O4. The number of benzene rings is 4. The van der Waals surface area contributed by atoms with Crippen molar-refractivity contribution in [2.45, 2.75) is 20.8 Å². The van der Waals surface area contributed by atoms with Crippen LogP contribution in [0.5, 0.6) is 28.7 Å². The highest BCUT2D eigenvalue weighted by atomic mass is 16.5. The lowest BCUT2D eigenvalue weighted by molar-refractivity contribution is 0.411. The van der Waals surface area contributed by atoms with Crippen LogP contribution in [0.2, 0.25) is 0 Å². The van der Waals surface area contributed by atoms with Gasteiger partial charge < -0.3 is 18.6 Å². The molecule has 0 saturated heterocycles. The van der Waals surface area contributed by atoms with E-state index in [0.29, 0.717) is 29.0 Å². The highest BCUT2D eigenvalue weighted by molar-refractivity contribution is 5.63. The van der Waals surface area contributed by atoms with Crippen molar-refractivity contribution in [2.75, 3.05) is 7.11 Å². The van der Waals surface area contributed by atoms with Gasteiger partial charge in [-0.2, -0.15) is 0 Å². The lowest BCUT2D eigenvalue weighted by Crippen LogP contribution is -1.92. The molecular weight excluding hydrogens is 500 g/mol. The van der Waals surface area contributed by atoms with E-state index in [2.05, 4.69) is 10.2 Å². The number of hydrogen-bond donors (Lipinski definition) is 0. The molecule has 40 heavy (non-hydrogen) atoms. The summed E-state index contributed by atoms with van der Waals surface area (Å²) in [6.07, 6.45) is 7.91. The summed E-state index contributed by atoms with van der Waals surface area (Å²) < 4.78 is 23.7. The van der Waals surface area contributed by atoms with Crippen molar-refractivity contribution in [2.24, 2.45) is 0 Å². The number of hydrogen-bond acceptors (Lipinski definition) is 6. The van der Waals surface area contributed by atoms with Gasteiger partial charge in [0, 0.05) is 22.3 Å². The third kappa shape index (κ3) is 6.13. The second-order valence-electron chi connectivity index (χ2n) is 9.11. The zero-order valence-electron chi connectivity index (χ0n) is 22.9. The van der Waals surface area contributed by atoms with E-state index < -0.39 is 0 Å². The van der Waals surface area contributed by atoms with Gasteiger partial charge in [-0.05, 0) is 93.6 Å². The lowest BCUT2D eigenvalue weighted by atomic mass is 10.1. The first-order valence-electron chi connectivity index (χ1n) is 13.0. The summed E-state index contributed by atoms with van der Waals surface area (Å²) >= 11 is 0. The molecule has 0 aliphatic rings. The summed E-state index contributed by atoms with van der Waals surface area (Å²) in [7, 11) is 1.66. The van der Waals surface area contributed by atoms with E-state index in [1.165, 1.54) is 5.56 Å². The van der Waals surface area contributed by atoms with Crippen LogP contribution in [-0.2, 0) is 0 Å². The van der Waals surface area contributed by atoms with Gasteiger partial charge in [-0.25, -0.2) is 0 Å². The summed E-state index contributed by atoms with van der Waals surface area (Å²) in [5.41, 5.74) is 4.72. The number of nitrogens with zero attached hydrogens (tertiary/aromatic N) is 2. The molecule has 0 amide bonds. The third-order valence-corrected chi connectivity index (χ3v) is 6.16. The molecule has 0 bridgehead atoms. The van der Waals surface area contributed by atoms with Gasteiger partial charge in [0.05, 0.1) is 7.11 Å². The van der Waals surface area contributed by atoms with E-state index >= 15 is 0 Å². The molecule has 0 unspecified atom stereocenters. The fourth-order valence-electron chi connectivity index (χ4n) is 4.16. The molecule has 5 aromatic rings. The van der Waals surface area contributed by atoms with Crippen LogP contribution in [0.4, 0.5) is 0 Å². The van der Waals surface area contributed by atoms with Gasteiger partial charge in [0.25, 0.3) is 0 Å². The average molecular weight is 531 g/mol. The Labute approximate surface area is 234 Å². The first-order chi connectivity index (χ1) is 19.6. The molecule has 0 radical (unpaired) electrons. The minimum atomic E-state index is 0.453. The Kier molecular flexibility index (Phi) is 8.07. The van der Waals surface area contributed by atoms with Crippen LogP contribution in [0.25, 0.3) is 35.1 Å². The minimum Gasteiger partial charge on any atom is -0.496 e. The second kappa shape index (κ2) is 12.2. The Bertz CT molecular complexity index is 1650. The Hall–Kier alpha value is -5.10. The van der Waals surface area contributed by atoms with Gasteiger partial charge in [-0.3, -0.25) is 0 Å². The van der Waals surface area contributed by atoms with Crippen LogP contribution in [-0.4, -0.2) is 17.3 Å². The van der Waals surface area contributed by atoms with E-state index in [1.54, 1.807) is 7.11 Å². The van der Waals surface area contributed by atoms with Crippen molar-refractivity contribution in [3.63, 3.8) is 0 Å². The third-order valence-electron chi connectivity index (χ3n) is 6.16. The molecule has 6 heteroatoms. The molecule has 0 N–H and O–H groups in total. The zero-order valence-corrected chi connectivity index (χ0v) is 22.9. The molecule has 1 aromatic heterocycles. The van der Waals surface area contributed by atoms with Crippen LogP contribution in [0.15, 0.2) is 101 Å². The Morgan fingerprint density at radius 3 is 1.65 bits per heavy atom. The predicted molar refractivity (Wildman–Crippen MR) is 159 cm³/mol. The van der Waals surface area contributed by atoms with Gasteiger partial charge in [0.2, 0.25) is 11.8 Å². The predicted octanol–water partition coefficient (Wildman–Crippen LogP) is 9.37. The van der Waals surface area contributed by atoms with Crippen LogP contribution >= 0.6 is 0 Å². The molecule has 0 aliphatic heterocycles. The molecule has 200 valence electrons. The van der Waals surface area contributed by atoms with E-state index in [9.17, 15) is 0 Å². The minimum absolute atomic E-state index is 0.453. The summed E-state index contributed by atoms with van der Waals surface area (Å²) in [6, 6.07) is 27.0. The molecule has 6 nitrogen and oxygen atoms in total. The maximum Gasteiger partial charge on any atom is 0.248 e. The quantitative estimate of drug-likeness (QED) is 0.189. The fourth-order valence-corrected chi connectivity index (χ4v) is 4.16. The highest BCUT2D eigenvalue weighted by Crippen LogP contribution is 2.34. The van der Waals surface area contributed by atoms with Gasteiger partial charge in [-0.1, -0.05) is 42.0 Å². The van der Waals surface area contributed by atoms with E-state index in [4.69, 9.17) is 18.6 Å². The number of aromatic nitrogens is 2. The van der Waals surface area contributed by atoms with Crippen molar-refractivity contribution < 1.29 is 18.6 Å². The first kappa shape index (κ1) is 26.5. The maximum absolute atomic E-state index is 6.23. The Morgan fingerprint density at radius 1 is 0.600 bits per heavy atom. The SMILES string of the molecule is C/C=C/c1cc(Oc2ccc(Oc3ccc(-c4nnc(-c5ccc(C)cc5)o4)cc3)c(/C=C/C)c2)ccc1OC. The summed E-state index contributed by atoms with van der Waals surface area (Å²) in [6.45, 7) is 5.98. The molecule has 0 spiro atoms. The normalized spacial score (nSPS) is 11.3. The number of rotatable bonds is 9. The van der Waals surface area contributed by atoms with Crippen molar-refractivity contribution in [1.29, 1.82) is 0 Å². The van der Waals surface area contributed by atoms with Crippen molar-refractivity contribution in [1.82, 2.24) is 10.2 Å². The van der Waals surface area contributed by atoms with Crippen molar-refractivity contribution in [3.05, 3.63) is 114 Å². The van der Waals surface area contributed by atoms with Gasteiger partial charge in [0.15, 0.2) is 0 Å². The second-order valence-corrected chi connectivity index (χ2v) is 9.11. The monoisotopic (exact) mass is 530 g/mol. The topological polar surface area (TPSA) is 66.6 Å². The van der Waals surface area contributed by atoms with E-state index in [-0.39, 0.29) is 0 Å². The largest absolute Gasteiger partial charge is 0.496 e. The van der Waals surface area contributed by atoms with Crippen LogP contribution in [0, 0.1) is 6.92 Å². The standard InChI is InChI=1S/C34H30N2O4/c1-5-7-26-21-29(17-19-31(26)37-4)38-30-18-20-32(27(22-30)8-6-2)39-28-15-13-25(14-16-28)34-36-35-33(40-34)24-11-9-23(3)10-12-24/h5-22H,1-4H3/b7-5+,8-6+. The lowest BCUT2D eigenvalue weighted by Gasteiger charge is -2.13. The molecule has 0 aliphatic carbocycles. The zero-order chi connectivity index (χ0) is 27.9. The van der Waals surface area contributed by atoms with Crippen molar-refractivity contribution >= 4 is 12.2 Å². The first-order valence-corrected chi connectivity index (χ1v) is 13.0. The molecule has 0 saturated carbocycles. The summed E-state index contributed by atoms with van der Waals surface area (Å²) in [5.74, 6) is 4.55. The molecule has 0 atom stereocenters. The van der Waals surface area contributed by atoms with E-state index in [1.807, 2.05) is 130 Å². The maximum atomic E-state index is 6.23. The molecule has 5 rings (SSSR count). The van der Waals surface area contributed by atoms with Gasteiger partial charge in [-0.15, -0.1) is 10.2 Å². The van der Waals surface area contributed by atoms with E-state index in [0.717, 1.165) is 33.8 Å². The summed E-state index contributed by atoms with van der Waals surface area (Å²) in [4.78, 5) is 0. The van der Waals surface area contributed by atoms with Gasteiger partial charge in [0.1, 0.15) is 28.7 Å². The molecule has 1 heterocycles. The fraction of sp³-hybridized carbons (Fsp3) is 0.118. The summed E-state index contributed by atoms with van der Waals surface area (Å²) in [5, 5.41) is 8.41. The smallest absolute Gasteiger partial charge is 0.248 e. The van der Waals surface area contributed by atoms with Crippen molar-refractivity contribution in [3.8, 4) is 51.7 Å². The highest BCUT2D eigenvalue weighted by Gasteiger charge is 2.12.